The number of ketones is 1. The zero-order chi connectivity index (χ0) is 15.9. The van der Waals surface area contributed by atoms with Crippen LogP contribution in [0.2, 0.25) is 0 Å². The molecule has 1 N–H and O–H groups in total. The molecule has 0 saturated heterocycles. The molecule has 116 valence electrons. The Morgan fingerprint density at radius 2 is 2.14 bits per heavy atom. The van der Waals surface area contributed by atoms with Gasteiger partial charge in [-0.05, 0) is 44.4 Å². The van der Waals surface area contributed by atoms with Gasteiger partial charge in [-0.1, -0.05) is 0 Å². The monoisotopic (exact) mass is 301 g/mol. The van der Waals surface area contributed by atoms with E-state index in [9.17, 15) is 14.7 Å². The molecule has 0 atom stereocenters. The minimum Gasteiger partial charge on any atom is -0.507 e. The number of nitrogens with zero attached hydrogens (tertiary/aromatic N) is 1. The number of rotatable bonds is 2. The summed E-state index contributed by atoms with van der Waals surface area (Å²) in [4.78, 5) is 24.6. The second-order valence-electron chi connectivity index (χ2n) is 5.63. The van der Waals surface area contributed by atoms with Gasteiger partial charge in [0.1, 0.15) is 11.4 Å². The lowest BCUT2D eigenvalue weighted by atomic mass is 9.98. The molecule has 1 aliphatic heterocycles. The molecule has 0 amide bonds. The number of carbonyl (C=O) groups is 2. The van der Waals surface area contributed by atoms with E-state index >= 15 is 0 Å². The Morgan fingerprint density at radius 1 is 1.36 bits per heavy atom. The van der Waals surface area contributed by atoms with Gasteiger partial charge in [0.2, 0.25) is 0 Å². The third kappa shape index (κ3) is 2.17. The summed E-state index contributed by atoms with van der Waals surface area (Å²) >= 11 is 0. The molecule has 1 aromatic heterocycles. The van der Waals surface area contributed by atoms with Crippen LogP contribution in [0.3, 0.4) is 0 Å². The van der Waals surface area contributed by atoms with E-state index in [0.29, 0.717) is 36.3 Å². The molecule has 5 nitrogen and oxygen atoms in total. The van der Waals surface area contributed by atoms with E-state index in [4.69, 9.17) is 4.74 Å². The number of phenolic OH excluding ortho intramolecular Hbond substituents is 1. The van der Waals surface area contributed by atoms with Crippen molar-refractivity contribution in [3.05, 3.63) is 29.0 Å². The minimum atomic E-state index is -0.392. The van der Waals surface area contributed by atoms with Gasteiger partial charge in [0, 0.05) is 18.4 Å². The number of hydrogen-bond acceptors (Lipinski definition) is 4. The standard InChI is InChI=1S/C17H19NO4/c1-3-22-17(21)12-9-11-10(2)8-14(20)15-13(19)6-4-5-7-18(12)16(11)15/h8-9,20H,3-7H2,1-2H3. The average Bonchev–Trinajstić information content (AvgIpc) is 2.81. The number of phenols is 1. The maximum atomic E-state index is 12.4. The van der Waals surface area contributed by atoms with Gasteiger partial charge in [-0.25, -0.2) is 4.79 Å². The first-order chi connectivity index (χ1) is 10.5. The van der Waals surface area contributed by atoms with Gasteiger partial charge in [0.15, 0.2) is 5.78 Å². The van der Waals surface area contributed by atoms with E-state index in [1.165, 1.54) is 0 Å². The van der Waals surface area contributed by atoms with Gasteiger partial charge in [-0.3, -0.25) is 4.79 Å². The van der Waals surface area contributed by atoms with Gasteiger partial charge in [0.05, 0.1) is 17.7 Å². The fourth-order valence-corrected chi connectivity index (χ4v) is 3.16. The van der Waals surface area contributed by atoms with Crippen molar-refractivity contribution in [2.75, 3.05) is 6.61 Å². The van der Waals surface area contributed by atoms with Crippen molar-refractivity contribution in [2.45, 2.75) is 39.7 Å². The van der Waals surface area contributed by atoms with Crippen molar-refractivity contribution in [2.24, 2.45) is 0 Å². The Labute approximate surface area is 128 Å². The molecule has 0 radical (unpaired) electrons. The highest BCUT2D eigenvalue weighted by Crippen LogP contribution is 2.35. The molecule has 2 aromatic rings. The Bertz CT molecular complexity index is 773. The first-order valence-electron chi connectivity index (χ1n) is 7.60. The summed E-state index contributed by atoms with van der Waals surface area (Å²) in [6, 6.07) is 3.36. The number of ether oxygens (including phenoxy) is 1. The maximum absolute atomic E-state index is 12.4. The smallest absolute Gasteiger partial charge is 0.354 e. The van der Waals surface area contributed by atoms with Crippen LogP contribution in [0, 0.1) is 6.92 Å². The number of carbonyl (C=O) groups excluding carboxylic acids is 2. The zero-order valence-electron chi connectivity index (χ0n) is 12.8. The van der Waals surface area contributed by atoms with E-state index in [0.717, 1.165) is 23.8 Å². The first-order valence-corrected chi connectivity index (χ1v) is 7.60. The van der Waals surface area contributed by atoms with Crippen molar-refractivity contribution in [1.82, 2.24) is 4.57 Å². The summed E-state index contributed by atoms with van der Waals surface area (Å²) in [5.74, 6) is -0.472. The minimum absolute atomic E-state index is 0.00772. The van der Waals surface area contributed by atoms with Crippen molar-refractivity contribution < 1.29 is 19.4 Å². The van der Waals surface area contributed by atoms with Crippen molar-refractivity contribution in [3.8, 4) is 5.75 Å². The number of aryl methyl sites for hydroxylation is 2. The number of aromatic nitrogens is 1. The van der Waals surface area contributed by atoms with Crippen LogP contribution in [0.1, 0.15) is 52.6 Å². The SMILES string of the molecule is CCOC(=O)c1cc2c(C)cc(O)c3c2n1CCCCC3=O. The third-order valence-corrected chi connectivity index (χ3v) is 4.17. The second-order valence-corrected chi connectivity index (χ2v) is 5.63. The van der Waals surface area contributed by atoms with Crippen LogP contribution in [0.5, 0.6) is 5.75 Å². The molecule has 5 heteroatoms. The maximum Gasteiger partial charge on any atom is 0.354 e. The van der Waals surface area contributed by atoms with Crippen molar-refractivity contribution in [1.29, 1.82) is 0 Å². The summed E-state index contributed by atoms with van der Waals surface area (Å²) in [5, 5.41) is 11.1. The third-order valence-electron chi connectivity index (χ3n) is 4.17. The van der Waals surface area contributed by atoms with Crippen LogP contribution in [0.4, 0.5) is 0 Å². The van der Waals surface area contributed by atoms with Gasteiger partial charge in [-0.2, -0.15) is 0 Å². The summed E-state index contributed by atoms with van der Waals surface area (Å²) in [7, 11) is 0. The molecule has 1 aliphatic rings. The molecular weight excluding hydrogens is 282 g/mol. The van der Waals surface area contributed by atoms with Crippen molar-refractivity contribution in [3.63, 3.8) is 0 Å². The number of benzene rings is 1. The lowest BCUT2D eigenvalue weighted by Gasteiger charge is -2.16. The van der Waals surface area contributed by atoms with Crippen LogP contribution in [0.25, 0.3) is 10.9 Å². The van der Waals surface area contributed by atoms with Gasteiger partial charge in [0.25, 0.3) is 0 Å². The normalized spacial score (nSPS) is 14.7. The van der Waals surface area contributed by atoms with Crippen molar-refractivity contribution >= 4 is 22.7 Å². The fourth-order valence-electron chi connectivity index (χ4n) is 3.16. The van der Waals surface area contributed by atoms with Crippen LogP contribution in [-0.2, 0) is 11.3 Å². The zero-order valence-corrected chi connectivity index (χ0v) is 12.8. The lowest BCUT2D eigenvalue weighted by molar-refractivity contribution is 0.0513. The number of Topliss-reactive ketones (excluding diaryl/α,β-unsaturated/α-hetero) is 1. The fraction of sp³-hybridized carbons (Fsp3) is 0.412. The largest absolute Gasteiger partial charge is 0.507 e. The van der Waals surface area contributed by atoms with Crippen LogP contribution >= 0.6 is 0 Å². The molecule has 2 heterocycles. The highest BCUT2D eigenvalue weighted by atomic mass is 16.5. The highest BCUT2D eigenvalue weighted by molar-refractivity contribution is 6.12. The predicted octanol–water partition coefficient (Wildman–Crippen LogP) is 3.20. The summed E-state index contributed by atoms with van der Waals surface area (Å²) < 4.78 is 6.95. The van der Waals surface area contributed by atoms with Gasteiger partial charge < -0.3 is 14.4 Å². The first kappa shape index (κ1) is 14.6. The molecule has 0 bridgehead atoms. The highest BCUT2D eigenvalue weighted by Gasteiger charge is 2.26. The molecule has 22 heavy (non-hydrogen) atoms. The van der Waals surface area contributed by atoms with E-state index in [-0.39, 0.29) is 11.5 Å². The molecule has 0 spiro atoms. The van der Waals surface area contributed by atoms with E-state index < -0.39 is 5.97 Å². The number of aromatic hydroxyl groups is 1. The van der Waals surface area contributed by atoms with Gasteiger partial charge >= 0.3 is 5.97 Å². The van der Waals surface area contributed by atoms with E-state index in [1.54, 1.807) is 19.1 Å². The average molecular weight is 301 g/mol. The summed E-state index contributed by atoms with van der Waals surface area (Å²) in [6.07, 6.45) is 1.98. The molecule has 0 aliphatic carbocycles. The van der Waals surface area contributed by atoms with Gasteiger partial charge in [-0.15, -0.1) is 0 Å². The Morgan fingerprint density at radius 3 is 2.86 bits per heavy atom. The molecular formula is C17H19NO4. The Hall–Kier alpha value is -2.30. The number of esters is 1. The summed E-state index contributed by atoms with van der Waals surface area (Å²) in [5.41, 5.74) is 2.27. The summed E-state index contributed by atoms with van der Waals surface area (Å²) in [6.45, 7) is 4.57. The quantitative estimate of drug-likeness (QED) is 0.865. The second kappa shape index (κ2) is 5.48. The van der Waals surface area contributed by atoms with E-state index in [1.807, 2.05) is 11.5 Å². The molecule has 1 aromatic carbocycles. The van der Waals surface area contributed by atoms with E-state index in [2.05, 4.69) is 0 Å². The topological polar surface area (TPSA) is 68.5 Å². The molecule has 3 rings (SSSR count). The molecule has 0 saturated carbocycles. The predicted molar refractivity (Wildman–Crippen MR) is 82.5 cm³/mol. The van der Waals surface area contributed by atoms with Crippen LogP contribution in [-0.4, -0.2) is 28.0 Å². The lowest BCUT2D eigenvalue weighted by Crippen LogP contribution is -2.15. The van der Waals surface area contributed by atoms with Crippen LogP contribution < -0.4 is 0 Å². The molecule has 0 unspecified atom stereocenters. The number of hydrogen-bond donors (Lipinski definition) is 1. The van der Waals surface area contributed by atoms with Crippen LogP contribution in [0.15, 0.2) is 12.1 Å². The molecule has 0 fully saturated rings. The Balaban J connectivity index is 2.36. The Kier molecular flexibility index (Phi) is 3.64.